The Hall–Kier alpha value is -4.66. The molecule has 0 saturated heterocycles. The van der Waals surface area contributed by atoms with Gasteiger partial charge in [-0.15, -0.1) is 6.58 Å². The van der Waals surface area contributed by atoms with Crippen LogP contribution >= 0.6 is 0 Å². The molecule has 0 aliphatic carbocycles. The first-order chi connectivity index (χ1) is 19.5. The van der Waals surface area contributed by atoms with E-state index in [0.29, 0.717) is 41.0 Å². The summed E-state index contributed by atoms with van der Waals surface area (Å²) in [5.41, 5.74) is 9.73. The highest BCUT2D eigenvalue weighted by Crippen LogP contribution is 2.44. The number of aliphatic hydroxyl groups excluding tert-OH is 1. The molecule has 10 heteroatoms. The van der Waals surface area contributed by atoms with Crippen molar-refractivity contribution in [2.45, 2.75) is 37.6 Å². The Morgan fingerprint density at radius 2 is 1.90 bits per heavy atom. The van der Waals surface area contributed by atoms with Gasteiger partial charge in [-0.2, -0.15) is 0 Å². The van der Waals surface area contributed by atoms with Gasteiger partial charge >= 0.3 is 0 Å². The molecule has 0 fully saturated rings. The van der Waals surface area contributed by atoms with Gasteiger partial charge in [-0.25, -0.2) is 9.38 Å². The highest BCUT2D eigenvalue weighted by molar-refractivity contribution is 6.01. The Morgan fingerprint density at radius 1 is 1.18 bits per heavy atom. The average Bonchev–Trinajstić information content (AvgIpc) is 3.36. The van der Waals surface area contributed by atoms with Crippen LogP contribution in [0.4, 0.5) is 4.39 Å². The molecule has 0 saturated carbocycles. The summed E-state index contributed by atoms with van der Waals surface area (Å²) in [6.07, 6.45) is 1.36. The summed E-state index contributed by atoms with van der Waals surface area (Å²) >= 11 is 0. The predicted molar refractivity (Wildman–Crippen MR) is 149 cm³/mol. The molecule has 0 radical (unpaired) electrons. The van der Waals surface area contributed by atoms with Crippen LogP contribution in [0.3, 0.4) is 0 Å². The standard InChI is InChI=1S/C30H30FN5O4/c1-2-16-30(29(38)33-19-23-9-4-6-11-26(23)31)27(25-10-5-3-8-22(25)20-34-36-32)40-28(35-30)21-12-14-24(15-13-21)39-18-7-17-37/h2-6,8-15,27,37H,1,7,16-20H2,(H,33,38)/t27-,30-/m1/s1. The second kappa shape index (κ2) is 13.4. The SMILES string of the molecule is C=CC[C@@]1(C(=O)NCc2ccccc2F)N=C(c2ccc(OCCCO)cc2)O[C@@H]1c1ccccc1CN=[N+]=[N-]. The van der Waals surface area contributed by atoms with E-state index in [0.717, 1.165) is 0 Å². The third kappa shape index (κ3) is 6.31. The monoisotopic (exact) mass is 543 g/mol. The minimum atomic E-state index is -1.47. The first-order valence-corrected chi connectivity index (χ1v) is 12.8. The van der Waals surface area contributed by atoms with Gasteiger partial charge in [-0.1, -0.05) is 53.7 Å². The number of ether oxygens (including phenoxy) is 2. The van der Waals surface area contributed by atoms with Gasteiger partial charge in [0.15, 0.2) is 11.6 Å². The molecule has 9 nitrogen and oxygen atoms in total. The Kier molecular flexibility index (Phi) is 9.51. The fourth-order valence-corrected chi connectivity index (χ4v) is 4.52. The van der Waals surface area contributed by atoms with Crippen molar-refractivity contribution in [3.63, 3.8) is 0 Å². The van der Waals surface area contributed by atoms with Gasteiger partial charge < -0.3 is 19.9 Å². The third-order valence-electron chi connectivity index (χ3n) is 6.52. The largest absolute Gasteiger partial charge is 0.494 e. The van der Waals surface area contributed by atoms with Gasteiger partial charge in [0.05, 0.1) is 13.2 Å². The van der Waals surface area contributed by atoms with Crippen molar-refractivity contribution in [2.24, 2.45) is 10.1 Å². The Labute approximate surface area is 231 Å². The summed E-state index contributed by atoms with van der Waals surface area (Å²) in [5, 5.41) is 15.5. The highest BCUT2D eigenvalue weighted by atomic mass is 19.1. The zero-order valence-corrected chi connectivity index (χ0v) is 21.9. The number of halogens is 1. The Balaban J connectivity index is 1.73. The van der Waals surface area contributed by atoms with Crippen LogP contribution in [0.2, 0.25) is 0 Å². The topological polar surface area (TPSA) is 129 Å². The Bertz CT molecular complexity index is 1420. The summed E-state index contributed by atoms with van der Waals surface area (Å²) in [6.45, 7) is 4.30. The predicted octanol–water partition coefficient (Wildman–Crippen LogP) is 5.55. The van der Waals surface area contributed by atoms with Gasteiger partial charge in [0.1, 0.15) is 11.6 Å². The van der Waals surface area contributed by atoms with Crippen LogP contribution in [0, 0.1) is 5.82 Å². The minimum Gasteiger partial charge on any atom is -0.494 e. The summed E-state index contributed by atoms with van der Waals surface area (Å²) < 4.78 is 26.3. The van der Waals surface area contributed by atoms with Crippen LogP contribution in [-0.4, -0.2) is 35.7 Å². The molecular weight excluding hydrogens is 513 g/mol. The third-order valence-corrected chi connectivity index (χ3v) is 6.52. The number of carbonyl (C=O) groups is 1. The Morgan fingerprint density at radius 3 is 2.60 bits per heavy atom. The van der Waals surface area contributed by atoms with Crippen molar-refractivity contribution in [1.82, 2.24) is 5.32 Å². The fourth-order valence-electron chi connectivity index (χ4n) is 4.52. The minimum absolute atomic E-state index is 0.0373. The van der Waals surface area contributed by atoms with Crippen molar-refractivity contribution in [2.75, 3.05) is 13.2 Å². The molecule has 2 N–H and O–H groups in total. The van der Waals surface area contributed by atoms with Crippen LogP contribution in [0.15, 0.2) is 95.6 Å². The first kappa shape index (κ1) is 28.4. The number of carbonyl (C=O) groups excluding carboxylic acids is 1. The van der Waals surface area contributed by atoms with E-state index in [1.54, 1.807) is 54.6 Å². The van der Waals surface area contributed by atoms with Crippen molar-refractivity contribution < 1.29 is 23.8 Å². The smallest absolute Gasteiger partial charge is 0.252 e. The van der Waals surface area contributed by atoms with Crippen molar-refractivity contribution in [3.05, 3.63) is 124 Å². The van der Waals surface area contributed by atoms with Gasteiger partial charge in [0, 0.05) is 42.0 Å². The molecule has 1 heterocycles. The van der Waals surface area contributed by atoms with Crippen LogP contribution in [0.1, 0.15) is 41.2 Å². The summed E-state index contributed by atoms with van der Waals surface area (Å²) in [5.74, 6) is -0.0244. The molecular formula is C30H30FN5O4. The van der Waals surface area contributed by atoms with Crippen LogP contribution in [0.25, 0.3) is 10.4 Å². The van der Waals surface area contributed by atoms with E-state index < -0.39 is 23.4 Å². The quantitative estimate of drug-likeness (QED) is 0.0963. The number of amides is 1. The number of hydrogen-bond donors (Lipinski definition) is 2. The molecule has 0 aromatic heterocycles. The number of azide groups is 1. The van der Waals surface area contributed by atoms with Crippen LogP contribution in [0.5, 0.6) is 5.75 Å². The molecule has 0 bridgehead atoms. The molecule has 2 atom stereocenters. The zero-order valence-electron chi connectivity index (χ0n) is 21.9. The molecule has 1 amide bonds. The maximum atomic E-state index is 14.3. The summed E-state index contributed by atoms with van der Waals surface area (Å²) in [4.78, 5) is 21.7. The molecule has 3 aromatic rings. The zero-order chi connectivity index (χ0) is 28.4. The summed E-state index contributed by atoms with van der Waals surface area (Å²) in [7, 11) is 0. The molecule has 3 aromatic carbocycles. The highest BCUT2D eigenvalue weighted by Gasteiger charge is 2.52. The lowest BCUT2D eigenvalue weighted by Gasteiger charge is -2.30. The molecule has 0 spiro atoms. The average molecular weight is 544 g/mol. The maximum Gasteiger partial charge on any atom is 0.252 e. The molecule has 206 valence electrons. The van der Waals surface area contributed by atoms with E-state index in [2.05, 4.69) is 21.9 Å². The van der Waals surface area contributed by atoms with Crippen molar-refractivity contribution >= 4 is 11.8 Å². The number of aliphatic imine (C=N–C) groups is 1. The maximum absolute atomic E-state index is 14.3. The van der Waals surface area contributed by atoms with Gasteiger partial charge in [0.25, 0.3) is 5.91 Å². The lowest BCUT2D eigenvalue weighted by atomic mass is 9.82. The molecule has 0 unspecified atom stereocenters. The lowest BCUT2D eigenvalue weighted by Crippen LogP contribution is -2.48. The van der Waals surface area contributed by atoms with E-state index in [9.17, 15) is 9.18 Å². The number of hydrogen-bond acceptors (Lipinski definition) is 6. The van der Waals surface area contributed by atoms with Crippen molar-refractivity contribution in [1.29, 1.82) is 0 Å². The fraction of sp³-hybridized carbons (Fsp3) is 0.267. The molecule has 40 heavy (non-hydrogen) atoms. The van der Waals surface area contributed by atoms with Gasteiger partial charge in [-0.3, -0.25) is 4.79 Å². The number of nitrogens with zero attached hydrogens (tertiary/aromatic N) is 4. The van der Waals surface area contributed by atoms with Gasteiger partial charge in [-0.05, 0) is 47.0 Å². The number of aliphatic hydroxyl groups is 1. The van der Waals surface area contributed by atoms with Crippen molar-refractivity contribution in [3.8, 4) is 5.75 Å². The van der Waals surface area contributed by atoms with E-state index in [-0.39, 0.29) is 32.0 Å². The normalized spacial score (nSPS) is 17.8. The molecule has 4 rings (SSSR count). The van der Waals surface area contributed by atoms with E-state index in [1.807, 2.05) is 18.2 Å². The number of rotatable bonds is 13. The van der Waals surface area contributed by atoms with Crippen LogP contribution in [-0.2, 0) is 22.6 Å². The van der Waals surface area contributed by atoms with E-state index >= 15 is 0 Å². The second-order valence-electron chi connectivity index (χ2n) is 9.14. The molecule has 1 aliphatic heterocycles. The summed E-state index contributed by atoms with van der Waals surface area (Å²) in [6, 6.07) is 20.5. The number of benzene rings is 3. The molecule has 1 aliphatic rings. The number of nitrogens with one attached hydrogen (secondary N) is 1. The van der Waals surface area contributed by atoms with E-state index in [1.165, 1.54) is 6.07 Å². The second-order valence-corrected chi connectivity index (χ2v) is 9.14. The van der Waals surface area contributed by atoms with Gasteiger partial charge in [0.2, 0.25) is 5.90 Å². The van der Waals surface area contributed by atoms with E-state index in [4.69, 9.17) is 25.1 Å². The van der Waals surface area contributed by atoms with Crippen LogP contribution < -0.4 is 10.1 Å². The lowest BCUT2D eigenvalue weighted by molar-refractivity contribution is -0.129. The first-order valence-electron chi connectivity index (χ1n) is 12.8.